The smallest absolute Gasteiger partial charge is 0.330 e. The Hall–Kier alpha value is -1.62. The van der Waals surface area contributed by atoms with Crippen LogP contribution in [-0.2, 0) is 19.1 Å². The molecule has 19 heavy (non-hydrogen) atoms. The van der Waals surface area contributed by atoms with E-state index >= 15 is 0 Å². The molecule has 2 atom stereocenters. The highest BCUT2D eigenvalue weighted by atomic mass is 16.6. The molecule has 0 aromatic carbocycles. The molecule has 2 unspecified atom stereocenters. The van der Waals surface area contributed by atoms with Gasteiger partial charge in [-0.3, -0.25) is 0 Å². The molecule has 0 aromatic heterocycles. The third kappa shape index (κ3) is 4.21. The minimum atomic E-state index is -1.05. The van der Waals surface area contributed by atoms with Gasteiger partial charge in [-0.2, -0.15) is 0 Å². The molecule has 108 valence electrons. The van der Waals surface area contributed by atoms with Gasteiger partial charge in [-0.25, -0.2) is 9.59 Å². The Morgan fingerprint density at radius 2 is 1.68 bits per heavy atom. The Kier molecular flexibility index (Phi) is 5.96. The van der Waals surface area contributed by atoms with Crippen molar-refractivity contribution in [1.82, 2.24) is 0 Å². The minimum Gasteiger partial charge on any atom is -0.462 e. The Morgan fingerprint density at radius 3 is 2.05 bits per heavy atom. The van der Waals surface area contributed by atoms with Crippen LogP contribution in [0.15, 0.2) is 25.3 Å². The summed E-state index contributed by atoms with van der Waals surface area (Å²) in [5.41, 5.74) is -2.02. The van der Waals surface area contributed by atoms with Crippen molar-refractivity contribution in [3.05, 3.63) is 25.3 Å². The monoisotopic (exact) mass is 270 g/mol. The molecule has 0 aliphatic carbocycles. The van der Waals surface area contributed by atoms with Gasteiger partial charge in [-0.15, -0.1) is 0 Å². The van der Waals surface area contributed by atoms with Crippen molar-refractivity contribution >= 4 is 11.9 Å². The first kappa shape index (κ1) is 17.4. The lowest BCUT2D eigenvalue weighted by molar-refractivity contribution is -0.186. The second-order valence-electron chi connectivity index (χ2n) is 5.04. The summed E-state index contributed by atoms with van der Waals surface area (Å²) in [5.74, 6) is -1.20. The predicted molar refractivity (Wildman–Crippen MR) is 71.3 cm³/mol. The van der Waals surface area contributed by atoms with Crippen LogP contribution in [0.3, 0.4) is 0 Å². The zero-order valence-corrected chi connectivity index (χ0v) is 11.9. The topological polar surface area (TPSA) is 72.8 Å². The molecule has 5 nitrogen and oxygen atoms in total. The summed E-state index contributed by atoms with van der Waals surface area (Å²) in [6, 6.07) is 0. The van der Waals surface area contributed by atoms with Gasteiger partial charge >= 0.3 is 11.9 Å². The Labute approximate surface area is 113 Å². The number of hydrogen-bond donors (Lipinski definition) is 1. The fourth-order valence-corrected chi connectivity index (χ4v) is 1.49. The summed E-state index contributed by atoms with van der Waals surface area (Å²) >= 11 is 0. The van der Waals surface area contributed by atoms with Gasteiger partial charge < -0.3 is 14.6 Å². The van der Waals surface area contributed by atoms with Gasteiger partial charge in [0.05, 0.1) is 11.5 Å². The quantitative estimate of drug-likeness (QED) is 0.562. The molecule has 0 saturated heterocycles. The number of carbonyl (C=O) groups excluding carboxylic acids is 2. The summed E-state index contributed by atoms with van der Waals surface area (Å²) in [6.07, 6.45) is 1.21. The highest BCUT2D eigenvalue weighted by molar-refractivity contribution is 5.82. The molecule has 0 amide bonds. The van der Waals surface area contributed by atoms with Crippen molar-refractivity contribution in [1.29, 1.82) is 0 Å². The third-order valence-electron chi connectivity index (χ3n) is 3.50. The van der Waals surface area contributed by atoms with Crippen molar-refractivity contribution in [2.75, 3.05) is 6.61 Å². The van der Waals surface area contributed by atoms with Gasteiger partial charge in [0.1, 0.15) is 12.2 Å². The molecule has 0 aliphatic rings. The highest BCUT2D eigenvalue weighted by Crippen LogP contribution is 2.38. The van der Waals surface area contributed by atoms with E-state index in [-0.39, 0.29) is 6.61 Å². The Morgan fingerprint density at radius 1 is 1.21 bits per heavy atom. The van der Waals surface area contributed by atoms with E-state index in [0.29, 0.717) is 0 Å². The molecule has 0 bridgehead atoms. The van der Waals surface area contributed by atoms with E-state index in [4.69, 9.17) is 9.47 Å². The molecule has 0 saturated carbocycles. The van der Waals surface area contributed by atoms with E-state index in [9.17, 15) is 14.7 Å². The fourth-order valence-electron chi connectivity index (χ4n) is 1.49. The van der Waals surface area contributed by atoms with Crippen LogP contribution in [-0.4, -0.2) is 35.4 Å². The lowest BCUT2D eigenvalue weighted by Gasteiger charge is -2.44. The van der Waals surface area contributed by atoms with E-state index in [1.54, 1.807) is 27.7 Å². The van der Waals surface area contributed by atoms with Gasteiger partial charge in [-0.1, -0.05) is 13.2 Å². The lowest BCUT2D eigenvalue weighted by atomic mass is 9.72. The van der Waals surface area contributed by atoms with Gasteiger partial charge in [0.15, 0.2) is 0 Å². The van der Waals surface area contributed by atoms with E-state index in [1.807, 2.05) is 0 Å². The summed E-state index contributed by atoms with van der Waals surface area (Å²) in [5, 5.41) is 9.94. The van der Waals surface area contributed by atoms with Crippen LogP contribution in [0, 0.1) is 5.41 Å². The predicted octanol–water partition coefficient (Wildman–Crippen LogP) is 1.61. The van der Waals surface area contributed by atoms with E-state index in [2.05, 4.69) is 13.2 Å². The summed E-state index contributed by atoms with van der Waals surface area (Å²) < 4.78 is 10.2. The summed E-state index contributed by atoms with van der Waals surface area (Å²) in [6.45, 7) is 13.0. The van der Waals surface area contributed by atoms with Crippen LogP contribution < -0.4 is 0 Å². The number of hydrogen-bond acceptors (Lipinski definition) is 5. The Balaban J connectivity index is 5.14. The van der Waals surface area contributed by atoms with E-state index in [1.165, 1.54) is 0 Å². The first-order valence-electron chi connectivity index (χ1n) is 5.93. The molecule has 0 rings (SSSR count). The maximum atomic E-state index is 11.3. The Bertz CT molecular complexity index is 370. The maximum absolute atomic E-state index is 11.3. The van der Waals surface area contributed by atoms with Crippen LogP contribution in [0.25, 0.3) is 0 Å². The van der Waals surface area contributed by atoms with E-state index in [0.717, 1.165) is 12.2 Å². The van der Waals surface area contributed by atoms with Crippen molar-refractivity contribution in [2.45, 2.75) is 39.4 Å². The SMILES string of the molecule is C=CC(=O)OCC(C)(C(C)O)C(C)(C)OC(=O)C=C. The first-order chi connectivity index (χ1) is 8.60. The zero-order chi connectivity index (χ0) is 15.3. The average Bonchev–Trinajstić information content (AvgIpc) is 2.33. The standard InChI is InChI=1S/C14H22O5/c1-7-11(16)18-9-14(6,10(3)15)13(4,5)19-12(17)8-2/h7-8,10,15H,1-2,9H2,3-6H3. The number of esters is 2. The molecule has 0 spiro atoms. The highest BCUT2D eigenvalue weighted by Gasteiger charge is 2.48. The molecule has 0 heterocycles. The summed E-state index contributed by atoms with van der Waals surface area (Å²) in [4.78, 5) is 22.5. The normalized spacial score (nSPS) is 15.8. The molecule has 0 aliphatic heterocycles. The lowest BCUT2D eigenvalue weighted by Crippen LogP contribution is -2.54. The minimum absolute atomic E-state index is 0.104. The van der Waals surface area contributed by atoms with Gasteiger partial charge in [0.2, 0.25) is 0 Å². The molecular weight excluding hydrogens is 248 g/mol. The molecule has 1 N–H and O–H groups in total. The van der Waals surface area contributed by atoms with Gasteiger partial charge in [-0.05, 0) is 27.7 Å². The number of aliphatic hydroxyl groups is 1. The van der Waals surface area contributed by atoms with Crippen molar-refractivity contribution < 1.29 is 24.2 Å². The number of carbonyl (C=O) groups is 2. The van der Waals surface area contributed by atoms with Crippen LogP contribution in [0.4, 0.5) is 0 Å². The second-order valence-corrected chi connectivity index (χ2v) is 5.04. The number of aliphatic hydroxyl groups excluding tert-OH is 1. The van der Waals surface area contributed by atoms with Gasteiger partial charge in [0, 0.05) is 12.2 Å². The number of ether oxygens (including phenoxy) is 2. The molecular formula is C14H22O5. The first-order valence-corrected chi connectivity index (χ1v) is 5.93. The van der Waals surface area contributed by atoms with E-state index < -0.39 is 29.1 Å². The molecule has 0 aromatic rings. The molecule has 0 fully saturated rings. The van der Waals surface area contributed by atoms with Crippen molar-refractivity contribution in [3.8, 4) is 0 Å². The van der Waals surface area contributed by atoms with Crippen molar-refractivity contribution in [3.63, 3.8) is 0 Å². The van der Waals surface area contributed by atoms with Crippen LogP contribution in [0.2, 0.25) is 0 Å². The van der Waals surface area contributed by atoms with Crippen molar-refractivity contribution in [2.24, 2.45) is 5.41 Å². The second kappa shape index (κ2) is 6.52. The van der Waals surface area contributed by atoms with Crippen LogP contribution >= 0.6 is 0 Å². The third-order valence-corrected chi connectivity index (χ3v) is 3.50. The van der Waals surface area contributed by atoms with Crippen LogP contribution in [0.1, 0.15) is 27.7 Å². The average molecular weight is 270 g/mol. The van der Waals surface area contributed by atoms with Crippen LogP contribution in [0.5, 0.6) is 0 Å². The number of rotatable bonds is 7. The molecule has 0 radical (unpaired) electrons. The zero-order valence-electron chi connectivity index (χ0n) is 11.9. The summed E-state index contributed by atoms with van der Waals surface area (Å²) in [7, 11) is 0. The maximum Gasteiger partial charge on any atom is 0.330 e. The fraction of sp³-hybridized carbons (Fsp3) is 0.571. The molecule has 5 heteroatoms. The largest absolute Gasteiger partial charge is 0.462 e. The van der Waals surface area contributed by atoms with Gasteiger partial charge in [0.25, 0.3) is 0 Å².